The summed E-state index contributed by atoms with van der Waals surface area (Å²) in [5.74, 6) is 0.741. The Kier molecular flexibility index (Phi) is 7.02. The zero-order valence-electron chi connectivity index (χ0n) is 25.6. The van der Waals surface area contributed by atoms with Crippen molar-refractivity contribution in [2.24, 2.45) is 5.92 Å². The van der Waals surface area contributed by atoms with Gasteiger partial charge in [0.25, 0.3) is 0 Å². The number of ether oxygens (including phenoxy) is 1. The highest BCUT2D eigenvalue weighted by atomic mass is 32.2. The molecule has 0 N–H and O–H groups in total. The van der Waals surface area contributed by atoms with Crippen LogP contribution in [0.5, 0.6) is 11.5 Å². The summed E-state index contributed by atoms with van der Waals surface area (Å²) in [7, 11) is -9.29. The Balaban J connectivity index is 1.40. The van der Waals surface area contributed by atoms with Crippen LogP contribution in [-0.2, 0) is 45.6 Å². The van der Waals surface area contributed by atoms with Gasteiger partial charge in [0.15, 0.2) is 9.84 Å². The lowest BCUT2D eigenvalue weighted by Gasteiger charge is -2.42. The van der Waals surface area contributed by atoms with Crippen LogP contribution in [0.3, 0.4) is 0 Å². The van der Waals surface area contributed by atoms with E-state index in [0.29, 0.717) is 0 Å². The molecule has 2 aromatic carbocycles. The minimum atomic E-state index is -4.98. The van der Waals surface area contributed by atoms with Crippen molar-refractivity contribution in [1.82, 2.24) is 4.58 Å². The molecule has 8 rings (SSSR count). The third-order valence-corrected chi connectivity index (χ3v) is 14.7. The number of hydrogen-bond acceptors (Lipinski definition) is 9. The number of rotatable bonds is 4. The van der Waals surface area contributed by atoms with Gasteiger partial charge < -0.3 is 14.2 Å². The van der Waals surface area contributed by atoms with Crippen LogP contribution in [0.1, 0.15) is 72.8 Å². The normalized spacial score (nSPS) is 25.0. The Labute approximate surface area is 269 Å². The molecule has 3 atom stereocenters. The van der Waals surface area contributed by atoms with Crippen molar-refractivity contribution in [3.05, 3.63) is 50.5 Å². The number of fused-ring (bicyclic) bond motifs is 4. The molecular weight excluding hydrogens is 625 g/mol. The molecule has 0 radical (unpaired) electrons. The fraction of sp³-hybridized carbons (Fsp3) is 0.559. The number of aryl methyl sites for hydroxylation is 2. The Hall–Kier alpha value is -3.45. The maximum Gasteiger partial charge on any atom is 0.233 e. The lowest BCUT2D eigenvalue weighted by molar-refractivity contribution is 0.372. The summed E-state index contributed by atoms with van der Waals surface area (Å²) in [6.45, 7) is 3.95. The topological polar surface area (TPSA) is 154 Å². The van der Waals surface area contributed by atoms with Crippen LogP contribution >= 0.6 is 0 Å². The van der Waals surface area contributed by atoms with E-state index in [4.69, 9.17) is 4.74 Å². The summed E-state index contributed by atoms with van der Waals surface area (Å²) in [6, 6.07) is 7.38. The van der Waals surface area contributed by atoms with Crippen molar-refractivity contribution in [3.8, 4) is 23.6 Å². The highest BCUT2D eigenvalue weighted by molar-refractivity contribution is 7.93. The van der Waals surface area contributed by atoms with Gasteiger partial charge in [0.2, 0.25) is 10.6 Å². The summed E-state index contributed by atoms with van der Waals surface area (Å²) < 4.78 is 75.4. The maximum atomic E-state index is 13.3. The molecule has 10 nitrogen and oxygen atoms in total. The molecule has 0 saturated heterocycles. The van der Waals surface area contributed by atoms with E-state index in [1.54, 1.807) is 0 Å². The van der Waals surface area contributed by atoms with Gasteiger partial charge in [-0.3, -0.25) is 0 Å². The lowest BCUT2D eigenvalue weighted by Crippen LogP contribution is -2.47. The number of benzene rings is 2. The van der Waals surface area contributed by atoms with Gasteiger partial charge in [0.1, 0.15) is 24.6 Å². The van der Waals surface area contributed by atoms with Crippen molar-refractivity contribution < 1.29 is 26.1 Å². The smallest absolute Gasteiger partial charge is 0.233 e. The fourth-order valence-corrected chi connectivity index (χ4v) is 12.2. The van der Waals surface area contributed by atoms with E-state index in [1.165, 1.54) is 34.3 Å². The van der Waals surface area contributed by atoms with Crippen LogP contribution in [0.4, 0.5) is 5.69 Å². The van der Waals surface area contributed by atoms with Gasteiger partial charge in [-0.05, 0) is 81.1 Å². The lowest BCUT2D eigenvalue weighted by atomic mass is 9.75. The van der Waals surface area contributed by atoms with Gasteiger partial charge >= 0.3 is 0 Å². The first-order valence-corrected chi connectivity index (χ1v) is 19.6. The first-order valence-electron chi connectivity index (χ1n) is 16.5. The first-order chi connectivity index (χ1) is 22.1. The van der Waals surface area contributed by atoms with Gasteiger partial charge in [-0.15, -0.1) is 0 Å². The molecule has 5 aliphatic heterocycles. The minimum absolute atomic E-state index is 0.0606. The standard InChI is InChI=1S/C34H36N4O6S2/c35-18-23(19-36)45(39,40)22-9-10-24(29(17-22)46(41,42)43)30-27-15-20-5-1-11-37-13-3-7-25(31(20)37)33(27)44-34-26-8-4-14-38-12-2-6-21(32(26)38)16-28(30)34/h15-16,22-24,29H,1-14,17H2. The van der Waals surface area contributed by atoms with Crippen molar-refractivity contribution in [2.75, 3.05) is 31.1 Å². The SMILES string of the molecule is N#CC(C#N)S(=O)(=O)C1CCC(C2=c3cc4c5c(c3Oc3c2cc2c6c3CCCN6CCC2)CCC[N+]=5CCC4)C(S(=O)(=O)[O-])C1. The molecule has 0 spiro atoms. The Morgan fingerprint density at radius 1 is 0.891 bits per heavy atom. The van der Waals surface area contributed by atoms with E-state index >= 15 is 0 Å². The molecule has 0 aromatic heterocycles. The number of nitriles is 2. The van der Waals surface area contributed by atoms with Crippen LogP contribution < -0.4 is 24.8 Å². The Bertz CT molecular complexity index is 2110. The zero-order valence-corrected chi connectivity index (χ0v) is 27.3. The van der Waals surface area contributed by atoms with E-state index in [9.17, 15) is 31.9 Å². The summed E-state index contributed by atoms with van der Waals surface area (Å²) in [6.07, 6.45) is 7.24. The second kappa shape index (κ2) is 10.8. The molecule has 5 heterocycles. The second-order valence-corrected chi connectivity index (χ2v) is 17.6. The molecule has 0 amide bonds. The number of nitrogens with zero attached hydrogens (tertiary/aromatic N) is 4. The van der Waals surface area contributed by atoms with Gasteiger partial charge in [-0.1, -0.05) is 0 Å². The first kappa shape index (κ1) is 29.9. The molecule has 46 heavy (non-hydrogen) atoms. The average Bonchev–Trinajstić information content (AvgIpc) is 3.04. The van der Waals surface area contributed by atoms with Crippen molar-refractivity contribution in [1.29, 1.82) is 10.5 Å². The van der Waals surface area contributed by atoms with Crippen LogP contribution in [0, 0.1) is 28.6 Å². The molecule has 1 fully saturated rings. The highest BCUT2D eigenvalue weighted by Crippen LogP contribution is 2.51. The monoisotopic (exact) mass is 660 g/mol. The van der Waals surface area contributed by atoms with Crippen LogP contribution in [0.2, 0.25) is 0 Å². The molecule has 1 saturated carbocycles. The van der Waals surface area contributed by atoms with E-state index in [-0.39, 0.29) is 12.8 Å². The quantitative estimate of drug-likeness (QED) is 0.354. The predicted molar refractivity (Wildman–Crippen MR) is 170 cm³/mol. The van der Waals surface area contributed by atoms with E-state index in [1.807, 2.05) is 0 Å². The van der Waals surface area contributed by atoms with Crippen molar-refractivity contribution in [3.63, 3.8) is 0 Å². The largest absolute Gasteiger partial charge is 0.748 e. The third kappa shape index (κ3) is 4.44. The van der Waals surface area contributed by atoms with Crippen LogP contribution in [-0.4, -0.2) is 63.3 Å². The maximum absolute atomic E-state index is 13.3. The molecule has 3 unspecified atom stereocenters. The number of sulfone groups is 1. The van der Waals surface area contributed by atoms with Crippen LogP contribution in [0.25, 0.3) is 5.57 Å². The molecule has 6 aliphatic rings. The zero-order chi connectivity index (χ0) is 32.0. The van der Waals surface area contributed by atoms with Crippen molar-refractivity contribution in [2.45, 2.75) is 86.4 Å². The summed E-state index contributed by atoms with van der Waals surface area (Å²) in [5.41, 5.74) is 7.53. The van der Waals surface area contributed by atoms with E-state index in [0.717, 1.165) is 117 Å². The third-order valence-electron chi connectivity index (χ3n) is 11.2. The predicted octanol–water partition coefficient (Wildman–Crippen LogP) is 1.99. The van der Waals surface area contributed by atoms with E-state index < -0.39 is 48.0 Å². The fourth-order valence-electron chi connectivity index (χ4n) is 9.35. The molecule has 240 valence electrons. The summed E-state index contributed by atoms with van der Waals surface area (Å²) in [4.78, 5) is 2.44. The number of anilines is 1. The van der Waals surface area contributed by atoms with Gasteiger partial charge in [-0.25, -0.2) is 21.4 Å². The summed E-state index contributed by atoms with van der Waals surface area (Å²) >= 11 is 0. The summed E-state index contributed by atoms with van der Waals surface area (Å²) in [5, 5.41) is 16.1. The molecule has 12 heteroatoms. The van der Waals surface area contributed by atoms with Crippen LogP contribution in [0.15, 0.2) is 12.1 Å². The number of hydrogen-bond donors (Lipinski definition) is 0. The molecular formula is C34H36N4O6S2. The van der Waals surface area contributed by atoms with Gasteiger partial charge in [0, 0.05) is 59.4 Å². The minimum Gasteiger partial charge on any atom is -0.748 e. The molecule has 2 aromatic rings. The molecule has 1 aliphatic carbocycles. The van der Waals surface area contributed by atoms with Gasteiger partial charge in [0.05, 0.1) is 38.3 Å². The molecule has 0 bridgehead atoms. The Morgan fingerprint density at radius 3 is 2.33 bits per heavy atom. The second-order valence-electron chi connectivity index (χ2n) is 13.7. The average molecular weight is 661 g/mol. The highest BCUT2D eigenvalue weighted by Gasteiger charge is 2.46. The van der Waals surface area contributed by atoms with E-state index in [2.05, 4.69) is 21.6 Å². The van der Waals surface area contributed by atoms with Crippen molar-refractivity contribution >= 4 is 31.2 Å². The Morgan fingerprint density at radius 2 is 1.59 bits per heavy atom. The van der Waals surface area contributed by atoms with Gasteiger partial charge in [-0.2, -0.15) is 10.5 Å².